The molecule has 0 aliphatic heterocycles. The van der Waals surface area contributed by atoms with E-state index in [-0.39, 0.29) is 18.6 Å². The van der Waals surface area contributed by atoms with E-state index in [1.165, 1.54) is 11.3 Å². The van der Waals surface area contributed by atoms with Crippen LogP contribution in [-0.2, 0) is 0 Å². The standard InChI is InChI=1S/C13H17NO2S2/c1-3-11(9-17-2)14-13(16)12-10(5-4-7-15)6-8-18-12/h6,8,11,15H,3,7,9H2,1-2H3,(H,14,16). The molecular weight excluding hydrogens is 266 g/mol. The zero-order valence-corrected chi connectivity index (χ0v) is 12.2. The average Bonchev–Trinajstić information content (AvgIpc) is 2.84. The van der Waals surface area contributed by atoms with E-state index in [1.54, 1.807) is 17.8 Å². The molecule has 0 spiro atoms. The van der Waals surface area contributed by atoms with E-state index in [2.05, 4.69) is 24.1 Å². The van der Waals surface area contributed by atoms with Crippen molar-refractivity contribution < 1.29 is 9.90 Å². The van der Waals surface area contributed by atoms with Crippen LogP contribution in [-0.4, -0.2) is 35.7 Å². The third-order valence-electron chi connectivity index (χ3n) is 2.37. The largest absolute Gasteiger partial charge is 0.384 e. The molecule has 98 valence electrons. The number of aliphatic hydroxyl groups excluding tert-OH is 1. The predicted molar refractivity (Wildman–Crippen MR) is 78.2 cm³/mol. The molecule has 0 saturated heterocycles. The lowest BCUT2D eigenvalue weighted by molar-refractivity contribution is 0.0944. The van der Waals surface area contributed by atoms with Gasteiger partial charge in [-0.3, -0.25) is 4.79 Å². The van der Waals surface area contributed by atoms with Gasteiger partial charge < -0.3 is 10.4 Å². The van der Waals surface area contributed by atoms with Crippen molar-refractivity contribution in [3.63, 3.8) is 0 Å². The molecule has 0 fully saturated rings. The summed E-state index contributed by atoms with van der Waals surface area (Å²) in [5, 5.41) is 13.5. The minimum atomic E-state index is -0.193. The van der Waals surface area contributed by atoms with Crippen LogP contribution < -0.4 is 5.32 Å². The van der Waals surface area contributed by atoms with Gasteiger partial charge in [0, 0.05) is 17.4 Å². The molecule has 0 aliphatic rings. The van der Waals surface area contributed by atoms with Crippen molar-refractivity contribution in [2.45, 2.75) is 19.4 Å². The van der Waals surface area contributed by atoms with Gasteiger partial charge in [0.2, 0.25) is 0 Å². The number of hydrogen-bond donors (Lipinski definition) is 2. The van der Waals surface area contributed by atoms with Crippen molar-refractivity contribution in [3.05, 3.63) is 21.9 Å². The second-order valence-electron chi connectivity index (χ2n) is 3.66. The summed E-state index contributed by atoms with van der Waals surface area (Å²) in [5.41, 5.74) is 0.686. The van der Waals surface area contributed by atoms with Gasteiger partial charge in [0.05, 0.1) is 0 Å². The Morgan fingerprint density at radius 1 is 1.67 bits per heavy atom. The number of carbonyl (C=O) groups excluding carboxylic acids is 1. The molecule has 0 radical (unpaired) electrons. The molecule has 1 heterocycles. The Morgan fingerprint density at radius 2 is 2.44 bits per heavy atom. The van der Waals surface area contributed by atoms with Gasteiger partial charge in [-0.25, -0.2) is 0 Å². The highest BCUT2D eigenvalue weighted by molar-refractivity contribution is 7.98. The number of rotatable bonds is 5. The Labute approximate surface area is 116 Å². The highest BCUT2D eigenvalue weighted by Gasteiger charge is 2.15. The topological polar surface area (TPSA) is 49.3 Å². The number of thiophene rings is 1. The smallest absolute Gasteiger partial charge is 0.262 e. The van der Waals surface area contributed by atoms with Crippen LogP contribution in [0.1, 0.15) is 28.6 Å². The molecular formula is C13H17NO2S2. The quantitative estimate of drug-likeness (QED) is 0.812. The Bertz CT molecular complexity index is 445. The minimum Gasteiger partial charge on any atom is -0.384 e. The lowest BCUT2D eigenvalue weighted by atomic mass is 10.2. The van der Waals surface area contributed by atoms with E-state index in [0.717, 1.165) is 12.2 Å². The SMILES string of the molecule is CCC(CSC)NC(=O)c1sccc1C#CCO. The molecule has 1 aromatic heterocycles. The van der Waals surface area contributed by atoms with Crippen LogP contribution in [0.2, 0.25) is 0 Å². The molecule has 1 atom stereocenters. The monoisotopic (exact) mass is 283 g/mol. The van der Waals surface area contributed by atoms with E-state index in [0.29, 0.717) is 10.4 Å². The molecule has 1 amide bonds. The third-order valence-corrected chi connectivity index (χ3v) is 4.02. The van der Waals surface area contributed by atoms with E-state index >= 15 is 0 Å². The van der Waals surface area contributed by atoms with Crippen molar-refractivity contribution in [2.24, 2.45) is 0 Å². The van der Waals surface area contributed by atoms with Crippen LogP contribution in [0.15, 0.2) is 11.4 Å². The molecule has 0 saturated carbocycles. The summed E-state index contributed by atoms with van der Waals surface area (Å²) in [6.07, 6.45) is 2.94. The first-order valence-corrected chi connectivity index (χ1v) is 7.97. The Kier molecular flexibility index (Phi) is 6.88. The van der Waals surface area contributed by atoms with Crippen LogP contribution in [0.4, 0.5) is 0 Å². The van der Waals surface area contributed by atoms with Crippen molar-refractivity contribution >= 4 is 29.0 Å². The summed E-state index contributed by atoms with van der Waals surface area (Å²) in [7, 11) is 0. The molecule has 3 nitrogen and oxygen atoms in total. The number of amides is 1. The summed E-state index contributed by atoms with van der Waals surface area (Å²) in [4.78, 5) is 12.7. The van der Waals surface area contributed by atoms with Gasteiger partial charge in [-0.15, -0.1) is 11.3 Å². The lowest BCUT2D eigenvalue weighted by Gasteiger charge is -2.15. The van der Waals surface area contributed by atoms with Crippen LogP contribution >= 0.6 is 23.1 Å². The van der Waals surface area contributed by atoms with E-state index in [9.17, 15) is 4.79 Å². The molecule has 1 rings (SSSR count). The van der Waals surface area contributed by atoms with Crippen LogP contribution in [0.25, 0.3) is 0 Å². The fraction of sp³-hybridized carbons (Fsp3) is 0.462. The molecule has 0 bridgehead atoms. The molecule has 1 aromatic rings. The Morgan fingerprint density at radius 3 is 3.06 bits per heavy atom. The zero-order valence-electron chi connectivity index (χ0n) is 10.5. The highest BCUT2D eigenvalue weighted by Crippen LogP contribution is 2.16. The van der Waals surface area contributed by atoms with Gasteiger partial charge in [-0.1, -0.05) is 18.8 Å². The molecule has 0 aliphatic carbocycles. The zero-order chi connectivity index (χ0) is 13.4. The summed E-state index contributed by atoms with van der Waals surface area (Å²) in [6, 6.07) is 1.99. The van der Waals surface area contributed by atoms with Gasteiger partial charge in [0.1, 0.15) is 11.5 Å². The number of thioether (sulfide) groups is 1. The van der Waals surface area contributed by atoms with E-state index in [1.807, 2.05) is 11.6 Å². The van der Waals surface area contributed by atoms with Crippen molar-refractivity contribution in [3.8, 4) is 11.8 Å². The maximum absolute atomic E-state index is 12.1. The number of aliphatic hydroxyl groups is 1. The molecule has 5 heteroatoms. The minimum absolute atomic E-state index is 0.0758. The van der Waals surface area contributed by atoms with Crippen LogP contribution in [0.5, 0.6) is 0 Å². The predicted octanol–water partition coefficient (Wildman–Crippen LogP) is 1.96. The number of hydrogen-bond acceptors (Lipinski definition) is 4. The maximum Gasteiger partial charge on any atom is 0.262 e. The second kappa shape index (κ2) is 8.20. The fourth-order valence-electron chi connectivity index (χ4n) is 1.43. The van der Waals surface area contributed by atoms with Gasteiger partial charge in [-0.05, 0) is 24.1 Å². The summed E-state index contributed by atoms with van der Waals surface area (Å²) in [6.45, 7) is 1.86. The average molecular weight is 283 g/mol. The van der Waals surface area contributed by atoms with Crippen molar-refractivity contribution in [2.75, 3.05) is 18.6 Å². The summed E-state index contributed by atoms with van der Waals surface area (Å²) >= 11 is 3.09. The van der Waals surface area contributed by atoms with Gasteiger partial charge in [0.25, 0.3) is 5.91 Å². The number of carbonyl (C=O) groups is 1. The van der Waals surface area contributed by atoms with Crippen molar-refractivity contribution in [1.29, 1.82) is 0 Å². The fourth-order valence-corrected chi connectivity index (χ4v) is 2.91. The molecule has 2 N–H and O–H groups in total. The third kappa shape index (κ3) is 4.37. The van der Waals surface area contributed by atoms with Gasteiger partial charge in [-0.2, -0.15) is 11.8 Å². The first-order chi connectivity index (χ1) is 8.72. The van der Waals surface area contributed by atoms with Crippen molar-refractivity contribution in [1.82, 2.24) is 5.32 Å². The molecule has 1 unspecified atom stereocenters. The van der Waals surface area contributed by atoms with Crippen LogP contribution in [0.3, 0.4) is 0 Å². The van der Waals surface area contributed by atoms with Gasteiger partial charge >= 0.3 is 0 Å². The van der Waals surface area contributed by atoms with E-state index in [4.69, 9.17) is 5.11 Å². The molecule has 0 aromatic carbocycles. The van der Waals surface area contributed by atoms with Gasteiger partial charge in [0.15, 0.2) is 0 Å². The van der Waals surface area contributed by atoms with Crippen LogP contribution in [0, 0.1) is 11.8 Å². The second-order valence-corrected chi connectivity index (χ2v) is 5.48. The normalized spacial score (nSPS) is 11.5. The maximum atomic E-state index is 12.1. The van der Waals surface area contributed by atoms with E-state index < -0.39 is 0 Å². The Hall–Kier alpha value is -0.960. The lowest BCUT2D eigenvalue weighted by Crippen LogP contribution is -2.36. The summed E-state index contributed by atoms with van der Waals surface area (Å²) < 4.78 is 0. The highest BCUT2D eigenvalue weighted by atomic mass is 32.2. The Balaban J connectivity index is 2.74. The summed E-state index contributed by atoms with van der Waals surface area (Å²) in [5.74, 6) is 6.19. The first kappa shape index (κ1) is 15.1. The molecule has 18 heavy (non-hydrogen) atoms. The first-order valence-electron chi connectivity index (χ1n) is 5.69. The number of nitrogens with one attached hydrogen (secondary N) is 1.